The van der Waals surface area contributed by atoms with Crippen molar-refractivity contribution in [1.82, 2.24) is 5.32 Å². The van der Waals surface area contributed by atoms with Gasteiger partial charge in [0, 0.05) is 30.7 Å². The van der Waals surface area contributed by atoms with Gasteiger partial charge in [0.15, 0.2) is 0 Å². The van der Waals surface area contributed by atoms with E-state index in [0.717, 1.165) is 5.69 Å². The quantitative estimate of drug-likeness (QED) is 0.866. The summed E-state index contributed by atoms with van der Waals surface area (Å²) < 4.78 is 0. The summed E-state index contributed by atoms with van der Waals surface area (Å²) >= 11 is 5.79. The van der Waals surface area contributed by atoms with Gasteiger partial charge in [0.05, 0.1) is 5.92 Å². The van der Waals surface area contributed by atoms with Gasteiger partial charge in [-0.3, -0.25) is 9.59 Å². The van der Waals surface area contributed by atoms with Crippen LogP contribution in [0.5, 0.6) is 0 Å². The Morgan fingerprint density at radius 2 is 2.06 bits per heavy atom. The maximum Gasteiger partial charge on any atom is 0.227 e. The molecule has 90 valence electrons. The highest BCUT2D eigenvalue weighted by molar-refractivity contribution is 6.30. The van der Waals surface area contributed by atoms with Crippen LogP contribution < -0.4 is 10.2 Å². The average Bonchev–Trinajstić information content (AvgIpc) is 2.71. The number of nitrogens with one attached hydrogen (secondary N) is 1. The van der Waals surface area contributed by atoms with Crippen molar-refractivity contribution in [2.75, 3.05) is 18.5 Å². The van der Waals surface area contributed by atoms with Crippen molar-refractivity contribution < 1.29 is 9.59 Å². The second kappa shape index (κ2) is 4.75. The second-order valence-corrected chi connectivity index (χ2v) is 4.43. The van der Waals surface area contributed by atoms with E-state index in [0.29, 0.717) is 11.6 Å². The molecule has 2 rings (SSSR count). The average molecular weight is 253 g/mol. The molecule has 1 saturated heterocycles. The van der Waals surface area contributed by atoms with E-state index >= 15 is 0 Å². The number of amides is 2. The van der Waals surface area contributed by atoms with E-state index in [9.17, 15) is 9.59 Å². The molecule has 2 amide bonds. The monoisotopic (exact) mass is 252 g/mol. The van der Waals surface area contributed by atoms with Crippen LogP contribution in [-0.4, -0.2) is 25.4 Å². The van der Waals surface area contributed by atoms with Crippen LogP contribution in [0, 0.1) is 5.92 Å². The molecule has 1 aromatic rings. The lowest BCUT2D eigenvalue weighted by Crippen LogP contribution is -2.30. The van der Waals surface area contributed by atoms with Gasteiger partial charge in [0.2, 0.25) is 11.8 Å². The summed E-state index contributed by atoms with van der Waals surface area (Å²) in [6.45, 7) is 0.431. The Labute approximate surface area is 105 Å². The van der Waals surface area contributed by atoms with E-state index in [-0.39, 0.29) is 24.2 Å². The highest BCUT2D eigenvalue weighted by Crippen LogP contribution is 2.26. The molecule has 0 aliphatic carbocycles. The second-order valence-electron chi connectivity index (χ2n) is 4.00. The predicted molar refractivity (Wildman–Crippen MR) is 66.0 cm³/mol. The summed E-state index contributed by atoms with van der Waals surface area (Å²) in [6.07, 6.45) is 0.266. The topological polar surface area (TPSA) is 49.4 Å². The first-order valence-electron chi connectivity index (χ1n) is 5.39. The summed E-state index contributed by atoms with van der Waals surface area (Å²) in [5.41, 5.74) is 0.783. The van der Waals surface area contributed by atoms with Crippen LogP contribution in [0.2, 0.25) is 5.02 Å². The molecule has 17 heavy (non-hydrogen) atoms. The van der Waals surface area contributed by atoms with Gasteiger partial charge in [0.25, 0.3) is 0 Å². The first kappa shape index (κ1) is 11.9. The summed E-state index contributed by atoms with van der Waals surface area (Å²) in [6, 6.07) is 7.04. The summed E-state index contributed by atoms with van der Waals surface area (Å²) in [5, 5.41) is 3.20. The van der Waals surface area contributed by atoms with E-state index in [1.165, 1.54) is 0 Å². The number of carbonyl (C=O) groups excluding carboxylic acids is 2. The van der Waals surface area contributed by atoms with Crippen LogP contribution in [-0.2, 0) is 9.59 Å². The molecule has 0 aromatic heterocycles. The molecule has 1 aromatic carbocycles. The number of nitrogens with zero attached hydrogens (tertiary/aromatic N) is 1. The van der Waals surface area contributed by atoms with Crippen LogP contribution in [0.1, 0.15) is 6.42 Å². The Kier molecular flexibility index (Phi) is 3.33. The number of carbonyl (C=O) groups is 2. The van der Waals surface area contributed by atoms with Crippen molar-refractivity contribution in [1.29, 1.82) is 0 Å². The smallest absolute Gasteiger partial charge is 0.227 e. The van der Waals surface area contributed by atoms with Gasteiger partial charge in [-0.1, -0.05) is 11.6 Å². The van der Waals surface area contributed by atoms with Crippen molar-refractivity contribution in [3.05, 3.63) is 29.3 Å². The Bertz CT molecular complexity index is 444. The molecule has 0 radical (unpaired) electrons. The Morgan fingerprint density at radius 1 is 1.41 bits per heavy atom. The first-order valence-corrected chi connectivity index (χ1v) is 5.77. The molecule has 1 fully saturated rings. The lowest BCUT2D eigenvalue weighted by Gasteiger charge is -2.16. The largest absolute Gasteiger partial charge is 0.359 e. The molecule has 0 unspecified atom stereocenters. The molecule has 1 aliphatic heterocycles. The van der Waals surface area contributed by atoms with Gasteiger partial charge >= 0.3 is 0 Å². The number of anilines is 1. The van der Waals surface area contributed by atoms with E-state index in [4.69, 9.17) is 11.6 Å². The number of hydrogen-bond donors (Lipinski definition) is 1. The van der Waals surface area contributed by atoms with Gasteiger partial charge in [-0.05, 0) is 24.3 Å². The molecule has 0 bridgehead atoms. The van der Waals surface area contributed by atoms with Crippen molar-refractivity contribution in [3.8, 4) is 0 Å². The first-order chi connectivity index (χ1) is 8.11. The van der Waals surface area contributed by atoms with Crippen LogP contribution in [0.3, 0.4) is 0 Å². The van der Waals surface area contributed by atoms with Crippen LogP contribution >= 0.6 is 11.6 Å². The molecule has 4 nitrogen and oxygen atoms in total. The normalized spacial score (nSPS) is 19.5. The summed E-state index contributed by atoms with van der Waals surface area (Å²) in [7, 11) is 1.58. The molecular formula is C12H13ClN2O2. The van der Waals surface area contributed by atoms with Crippen LogP contribution in [0.15, 0.2) is 24.3 Å². The van der Waals surface area contributed by atoms with Crippen LogP contribution in [0.25, 0.3) is 0 Å². The minimum Gasteiger partial charge on any atom is -0.359 e. The molecule has 5 heteroatoms. The molecular weight excluding hydrogens is 240 g/mol. The third kappa shape index (κ3) is 2.42. The Hall–Kier alpha value is -1.55. The maximum atomic E-state index is 11.8. The molecule has 1 atom stereocenters. The van der Waals surface area contributed by atoms with E-state index in [2.05, 4.69) is 5.32 Å². The van der Waals surface area contributed by atoms with E-state index < -0.39 is 0 Å². The number of rotatable bonds is 2. The SMILES string of the molecule is CNC(=O)[C@H]1CC(=O)N(c2ccc(Cl)cc2)C1. The minimum absolute atomic E-state index is 0.0269. The molecule has 0 spiro atoms. The van der Waals surface area contributed by atoms with Crippen molar-refractivity contribution >= 4 is 29.1 Å². The zero-order valence-electron chi connectivity index (χ0n) is 9.44. The van der Waals surface area contributed by atoms with Crippen LogP contribution in [0.4, 0.5) is 5.69 Å². The fourth-order valence-electron chi connectivity index (χ4n) is 1.96. The van der Waals surface area contributed by atoms with Gasteiger partial charge in [-0.25, -0.2) is 0 Å². The molecule has 0 saturated carbocycles. The van der Waals surface area contributed by atoms with Crippen molar-refractivity contribution in [2.45, 2.75) is 6.42 Å². The van der Waals surface area contributed by atoms with E-state index in [1.54, 1.807) is 36.2 Å². The number of hydrogen-bond acceptors (Lipinski definition) is 2. The third-order valence-electron chi connectivity index (χ3n) is 2.88. The fraction of sp³-hybridized carbons (Fsp3) is 0.333. The maximum absolute atomic E-state index is 11.8. The van der Waals surface area contributed by atoms with E-state index in [1.807, 2.05) is 0 Å². The standard InChI is InChI=1S/C12H13ClN2O2/c1-14-12(17)8-6-11(16)15(7-8)10-4-2-9(13)3-5-10/h2-5,8H,6-7H2,1H3,(H,14,17)/t8-/m0/s1. The lowest BCUT2D eigenvalue weighted by molar-refractivity contribution is -0.125. The van der Waals surface area contributed by atoms with Gasteiger partial charge < -0.3 is 10.2 Å². The molecule has 1 heterocycles. The van der Waals surface area contributed by atoms with Crippen molar-refractivity contribution in [2.24, 2.45) is 5.92 Å². The Morgan fingerprint density at radius 3 is 2.65 bits per heavy atom. The zero-order valence-corrected chi connectivity index (χ0v) is 10.2. The van der Waals surface area contributed by atoms with Gasteiger partial charge in [-0.2, -0.15) is 0 Å². The van der Waals surface area contributed by atoms with Crippen molar-refractivity contribution in [3.63, 3.8) is 0 Å². The molecule has 1 N–H and O–H groups in total. The Balaban J connectivity index is 2.15. The third-order valence-corrected chi connectivity index (χ3v) is 3.13. The summed E-state index contributed by atoms with van der Waals surface area (Å²) in [5.74, 6) is -0.376. The fourth-order valence-corrected chi connectivity index (χ4v) is 2.08. The molecule has 1 aliphatic rings. The predicted octanol–water partition coefficient (Wildman–Crippen LogP) is 1.44. The number of halogens is 1. The highest BCUT2D eigenvalue weighted by Gasteiger charge is 2.34. The highest BCUT2D eigenvalue weighted by atomic mass is 35.5. The minimum atomic E-state index is -0.261. The zero-order chi connectivity index (χ0) is 12.4. The lowest BCUT2D eigenvalue weighted by atomic mass is 10.1. The number of benzene rings is 1. The van der Waals surface area contributed by atoms with Gasteiger partial charge in [-0.15, -0.1) is 0 Å². The summed E-state index contributed by atoms with van der Waals surface area (Å²) in [4.78, 5) is 24.9. The van der Waals surface area contributed by atoms with Gasteiger partial charge in [0.1, 0.15) is 0 Å².